The summed E-state index contributed by atoms with van der Waals surface area (Å²) < 4.78 is 1.50. The number of anilines is 1. The summed E-state index contributed by atoms with van der Waals surface area (Å²) in [5.41, 5.74) is 6.72. The van der Waals surface area contributed by atoms with Crippen LogP contribution < -0.4 is 11.6 Å². The average Bonchev–Trinajstić information content (AvgIpc) is 2.33. The molecule has 1 rings (SSSR count). The quantitative estimate of drug-likeness (QED) is 0.691. The van der Waals surface area contributed by atoms with Crippen molar-refractivity contribution in [3.63, 3.8) is 0 Å². The minimum atomic E-state index is 0.334. The van der Waals surface area contributed by atoms with Crippen molar-refractivity contribution >= 4 is 5.82 Å². The van der Waals surface area contributed by atoms with E-state index in [0.29, 0.717) is 11.7 Å². The molecule has 74 valence electrons. The lowest BCUT2D eigenvalue weighted by Gasteiger charge is -2.02. The minimum absolute atomic E-state index is 0.334. The monoisotopic (exact) mass is 182 g/mol. The number of aromatic nitrogens is 2. The van der Waals surface area contributed by atoms with Gasteiger partial charge in [0, 0.05) is 6.42 Å². The van der Waals surface area contributed by atoms with Crippen LogP contribution in [0, 0.1) is 0 Å². The maximum Gasteiger partial charge on any atom is 0.146 e. The van der Waals surface area contributed by atoms with Crippen LogP contribution in [0.3, 0.4) is 0 Å². The van der Waals surface area contributed by atoms with E-state index in [1.807, 2.05) is 0 Å². The molecule has 0 atom stereocenters. The molecule has 1 aromatic rings. The summed E-state index contributed by atoms with van der Waals surface area (Å²) in [6.45, 7) is 6.22. The van der Waals surface area contributed by atoms with Crippen LogP contribution in [0.5, 0.6) is 0 Å². The van der Waals surface area contributed by atoms with E-state index in [-0.39, 0.29) is 0 Å². The van der Waals surface area contributed by atoms with Crippen LogP contribution >= 0.6 is 0 Å². The Balaban J connectivity index is 3.05. The lowest BCUT2D eigenvalue weighted by atomic mass is 10.1. The Morgan fingerprint density at radius 1 is 1.46 bits per heavy atom. The predicted molar refractivity (Wildman–Crippen MR) is 54.9 cm³/mol. The Morgan fingerprint density at radius 3 is 2.46 bits per heavy atom. The second-order valence-electron chi connectivity index (χ2n) is 3.57. The summed E-state index contributed by atoms with van der Waals surface area (Å²) in [5, 5.41) is 0. The molecule has 0 aliphatic rings. The molecule has 0 amide bonds. The van der Waals surface area contributed by atoms with Gasteiger partial charge < -0.3 is 11.6 Å². The first-order valence-corrected chi connectivity index (χ1v) is 4.70. The number of imidazole rings is 1. The Kier molecular flexibility index (Phi) is 2.80. The van der Waals surface area contributed by atoms with Crippen LogP contribution in [-0.2, 0) is 6.42 Å². The fourth-order valence-electron chi connectivity index (χ4n) is 1.34. The SMILES string of the molecule is CCCc1nc(C(C)C)c(N)n1N. The molecule has 13 heavy (non-hydrogen) atoms. The van der Waals surface area contributed by atoms with E-state index in [1.54, 1.807) is 0 Å². The molecule has 4 heteroatoms. The first kappa shape index (κ1) is 9.89. The van der Waals surface area contributed by atoms with Crippen molar-refractivity contribution in [3.05, 3.63) is 11.5 Å². The highest BCUT2D eigenvalue weighted by Gasteiger charge is 2.14. The number of aryl methyl sites for hydroxylation is 1. The molecule has 0 aliphatic carbocycles. The van der Waals surface area contributed by atoms with E-state index in [9.17, 15) is 0 Å². The van der Waals surface area contributed by atoms with Gasteiger partial charge in [0.15, 0.2) is 0 Å². The lowest BCUT2D eigenvalue weighted by molar-refractivity contribution is 0.782. The zero-order valence-electron chi connectivity index (χ0n) is 8.54. The van der Waals surface area contributed by atoms with E-state index in [4.69, 9.17) is 11.6 Å². The maximum atomic E-state index is 5.81. The molecule has 1 aromatic heterocycles. The lowest BCUT2D eigenvalue weighted by Crippen LogP contribution is -2.15. The summed E-state index contributed by atoms with van der Waals surface area (Å²) in [5.74, 6) is 7.56. The highest BCUT2D eigenvalue weighted by Crippen LogP contribution is 2.20. The standard InChI is InChI=1S/C9H18N4/c1-4-5-7-12-8(6(2)3)9(10)13(7)11/h6H,4-5,10-11H2,1-3H3. The van der Waals surface area contributed by atoms with Gasteiger partial charge in [0.05, 0.1) is 5.69 Å². The van der Waals surface area contributed by atoms with E-state index < -0.39 is 0 Å². The second kappa shape index (κ2) is 3.68. The summed E-state index contributed by atoms with van der Waals surface area (Å²) in [6, 6.07) is 0. The van der Waals surface area contributed by atoms with Gasteiger partial charge >= 0.3 is 0 Å². The summed E-state index contributed by atoms with van der Waals surface area (Å²) in [6.07, 6.45) is 1.92. The van der Waals surface area contributed by atoms with Crippen LogP contribution in [0.4, 0.5) is 5.82 Å². The highest BCUT2D eigenvalue weighted by atomic mass is 15.4. The zero-order valence-corrected chi connectivity index (χ0v) is 8.54. The summed E-state index contributed by atoms with van der Waals surface area (Å²) in [7, 11) is 0. The molecule has 4 N–H and O–H groups in total. The molecular formula is C9H18N4. The highest BCUT2D eigenvalue weighted by molar-refractivity contribution is 5.40. The van der Waals surface area contributed by atoms with Crippen molar-refractivity contribution < 1.29 is 0 Å². The molecule has 0 unspecified atom stereocenters. The second-order valence-corrected chi connectivity index (χ2v) is 3.57. The Bertz CT molecular complexity index is 288. The van der Waals surface area contributed by atoms with Gasteiger partial charge in [-0.25, -0.2) is 9.66 Å². The van der Waals surface area contributed by atoms with Crippen LogP contribution in [-0.4, -0.2) is 9.66 Å². The fraction of sp³-hybridized carbons (Fsp3) is 0.667. The van der Waals surface area contributed by atoms with Gasteiger partial charge in [0.25, 0.3) is 0 Å². The van der Waals surface area contributed by atoms with Gasteiger partial charge in [-0.15, -0.1) is 0 Å². The van der Waals surface area contributed by atoms with Crippen molar-refractivity contribution in [2.75, 3.05) is 11.6 Å². The first-order valence-electron chi connectivity index (χ1n) is 4.70. The largest absolute Gasteiger partial charge is 0.382 e. The number of nitrogens with zero attached hydrogens (tertiary/aromatic N) is 2. The maximum absolute atomic E-state index is 5.81. The zero-order chi connectivity index (χ0) is 10.0. The third kappa shape index (κ3) is 1.76. The van der Waals surface area contributed by atoms with Crippen LogP contribution in [0.2, 0.25) is 0 Å². The summed E-state index contributed by atoms with van der Waals surface area (Å²) >= 11 is 0. The van der Waals surface area contributed by atoms with Gasteiger partial charge in [-0.3, -0.25) is 0 Å². The van der Waals surface area contributed by atoms with E-state index in [0.717, 1.165) is 24.4 Å². The number of nitrogen functional groups attached to an aromatic ring is 2. The Labute approximate surface area is 78.9 Å². The normalized spacial score (nSPS) is 11.1. The van der Waals surface area contributed by atoms with E-state index in [1.165, 1.54) is 4.68 Å². The average molecular weight is 182 g/mol. The smallest absolute Gasteiger partial charge is 0.146 e. The van der Waals surface area contributed by atoms with Crippen LogP contribution in [0.25, 0.3) is 0 Å². The summed E-state index contributed by atoms with van der Waals surface area (Å²) in [4.78, 5) is 4.41. The van der Waals surface area contributed by atoms with Crippen molar-refractivity contribution in [2.24, 2.45) is 0 Å². The third-order valence-corrected chi connectivity index (χ3v) is 2.07. The molecule has 0 radical (unpaired) electrons. The molecule has 0 fully saturated rings. The number of nitrogens with two attached hydrogens (primary N) is 2. The van der Waals surface area contributed by atoms with Crippen molar-refractivity contribution in [1.29, 1.82) is 0 Å². The Hall–Kier alpha value is -1.19. The number of hydrogen-bond donors (Lipinski definition) is 2. The first-order chi connectivity index (χ1) is 6.07. The predicted octanol–water partition coefficient (Wildman–Crippen LogP) is 1.25. The van der Waals surface area contributed by atoms with Gasteiger partial charge in [-0.2, -0.15) is 0 Å². The molecule has 0 bridgehead atoms. The molecule has 4 nitrogen and oxygen atoms in total. The topological polar surface area (TPSA) is 69.9 Å². The van der Waals surface area contributed by atoms with Crippen molar-refractivity contribution in [2.45, 2.75) is 39.5 Å². The van der Waals surface area contributed by atoms with E-state index in [2.05, 4.69) is 25.8 Å². The van der Waals surface area contributed by atoms with Crippen molar-refractivity contribution in [3.8, 4) is 0 Å². The number of hydrogen-bond acceptors (Lipinski definition) is 3. The van der Waals surface area contributed by atoms with Gasteiger partial charge in [0.2, 0.25) is 0 Å². The van der Waals surface area contributed by atoms with Crippen LogP contribution in [0.15, 0.2) is 0 Å². The molecule has 0 spiro atoms. The van der Waals surface area contributed by atoms with E-state index >= 15 is 0 Å². The van der Waals surface area contributed by atoms with Gasteiger partial charge in [-0.1, -0.05) is 20.8 Å². The molecule has 0 saturated heterocycles. The molecule has 0 saturated carbocycles. The van der Waals surface area contributed by atoms with Crippen molar-refractivity contribution in [1.82, 2.24) is 9.66 Å². The molecular weight excluding hydrogens is 164 g/mol. The van der Waals surface area contributed by atoms with Gasteiger partial charge in [-0.05, 0) is 12.3 Å². The Morgan fingerprint density at radius 2 is 2.08 bits per heavy atom. The van der Waals surface area contributed by atoms with Gasteiger partial charge in [0.1, 0.15) is 11.6 Å². The fourth-order valence-corrected chi connectivity index (χ4v) is 1.34. The third-order valence-electron chi connectivity index (χ3n) is 2.07. The molecule has 1 heterocycles. The number of rotatable bonds is 3. The molecule has 0 aromatic carbocycles. The van der Waals surface area contributed by atoms with Crippen LogP contribution in [0.1, 0.15) is 44.6 Å². The minimum Gasteiger partial charge on any atom is -0.382 e. The molecule has 0 aliphatic heterocycles.